The zero-order chi connectivity index (χ0) is 20.8. The van der Waals surface area contributed by atoms with Crippen molar-refractivity contribution in [1.82, 2.24) is 35.1 Å². The van der Waals surface area contributed by atoms with Gasteiger partial charge in [-0.1, -0.05) is 0 Å². The van der Waals surface area contributed by atoms with Crippen LogP contribution in [0.15, 0.2) is 43.0 Å². The summed E-state index contributed by atoms with van der Waals surface area (Å²) in [6.07, 6.45) is 9.92. The first-order chi connectivity index (χ1) is 15.3. The van der Waals surface area contributed by atoms with Crippen LogP contribution in [0.4, 0.5) is 10.1 Å². The van der Waals surface area contributed by atoms with Crippen LogP contribution >= 0.6 is 0 Å². The largest absolute Gasteiger partial charge is 0.370 e. The Bertz CT molecular complexity index is 1400. The fourth-order valence-electron chi connectivity index (χ4n) is 4.21. The lowest BCUT2D eigenvalue weighted by molar-refractivity contribution is 0.578. The van der Waals surface area contributed by atoms with Crippen LogP contribution in [0.25, 0.3) is 44.8 Å². The third-order valence-electron chi connectivity index (χ3n) is 5.73. The molecule has 1 saturated heterocycles. The highest BCUT2D eigenvalue weighted by molar-refractivity contribution is 5.95. The van der Waals surface area contributed by atoms with E-state index in [0.717, 1.165) is 40.8 Å². The van der Waals surface area contributed by atoms with E-state index < -0.39 is 5.82 Å². The number of imidazole rings is 1. The number of hydrogen-bond acceptors (Lipinski definition) is 6. The van der Waals surface area contributed by atoms with E-state index in [0.29, 0.717) is 22.8 Å². The lowest BCUT2D eigenvalue weighted by atomic mass is 10.1. The fraction of sp³-hybridized carbons (Fsp3) is 0.227. The van der Waals surface area contributed by atoms with Crippen molar-refractivity contribution in [3.05, 3.63) is 48.8 Å². The minimum atomic E-state index is -0.402. The summed E-state index contributed by atoms with van der Waals surface area (Å²) in [5, 5.41) is 8.31. The number of rotatable bonds is 3. The number of piperidine rings is 1. The first kappa shape index (κ1) is 17.9. The smallest absolute Gasteiger partial charge is 0.161 e. The Labute approximate surface area is 176 Å². The molecule has 0 aliphatic carbocycles. The van der Waals surface area contributed by atoms with E-state index in [1.165, 1.54) is 31.5 Å². The molecular formula is C22H19FN8. The zero-order valence-electron chi connectivity index (χ0n) is 16.6. The van der Waals surface area contributed by atoms with E-state index in [4.69, 9.17) is 4.98 Å². The maximum atomic E-state index is 13.6. The molecule has 1 aliphatic heterocycles. The predicted molar refractivity (Wildman–Crippen MR) is 116 cm³/mol. The third kappa shape index (κ3) is 3.09. The van der Waals surface area contributed by atoms with Crippen molar-refractivity contribution in [1.29, 1.82) is 0 Å². The number of anilines is 1. The van der Waals surface area contributed by atoms with Crippen molar-refractivity contribution >= 4 is 27.8 Å². The van der Waals surface area contributed by atoms with Crippen LogP contribution in [0.1, 0.15) is 19.3 Å². The molecule has 6 rings (SSSR count). The van der Waals surface area contributed by atoms with Gasteiger partial charge in [-0.05, 0) is 37.5 Å². The topological polar surface area (TPSA) is 99.3 Å². The monoisotopic (exact) mass is 414 g/mol. The lowest BCUT2D eigenvalue weighted by Gasteiger charge is -2.28. The number of halogens is 1. The van der Waals surface area contributed by atoms with Gasteiger partial charge in [0.2, 0.25) is 0 Å². The van der Waals surface area contributed by atoms with Gasteiger partial charge in [0.05, 0.1) is 29.3 Å². The van der Waals surface area contributed by atoms with Crippen molar-refractivity contribution < 1.29 is 4.39 Å². The Morgan fingerprint density at radius 3 is 2.77 bits per heavy atom. The van der Waals surface area contributed by atoms with Gasteiger partial charge >= 0.3 is 0 Å². The second-order valence-electron chi connectivity index (χ2n) is 7.74. The van der Waals surface area contributed by atoms with Gasteiger partial charge in [-0.2, -0.15) is 5.10 Å². The lowest BCUT2D eigenvalue weighted by Crippen LogP contribution is -2.29. The Hall–Kier alpha value is -3.88. The van der Waals surface area contributed by atoms with Crippen LogP contribution in [0.3, 0.4) is 0 Å². The van der Waals surface area contributed by atoms with Crippen LogP contribution in [-0.2, 0) is 0 Å². The van der Waals surface area contributed by atoms with Gasteiger partial charge in [0, 0.05) is 36.4 Å². The first-order valence-electron chi connectivity index (χ1n) is 10.3. The molecule has 5 aromatic heterocycles. The average molecular weight is 414 g/mol. The van der Waals surface area contributed by atoms with E-state index in [2.05, 4.69) is 35.0 Å². The number of aromatic amines is 2. The highest BCUT2D eigenvalue weighted by Gasteiger charge is 2.19. The van der Waals surface area contributed by atoms with Gasteiger partial charge < -0.3 is 9.88 Å². The molecule has 154 valence electrons. The Morgan fingerprint density at radius 1 is 1.00 bits per heavy atom. The number of fused-ring (bicyclic) bond motifs is 2. The van der Waals surface area contributed by atoms with Gasteiger partial charge in [0.1, 0.15) is 17.0 Å². The Morgan fingerprint density at radius 2 is 1.90 bits per heavy atom. The summed E-state index contributed by atoms with van der Waals surface area (Å²) in [6.45, 7) is 2.06. The molecule has 0 radical (unpaired) electrons. The molecule has 0 atom stereocenters. The first-order valence-corrected chi connectivity index (χ1v) is 10.3. The van der Waals surface area contributed by atoms with Crippen molar-refractivity contribution in [3.8, 4) is 22.8 Å². The standard InChI is InChI=1S/C22H19FN8/c23-14-8-13(10-24-11-14)16-9-15-17(12-26-16)29-30-19(15)22-27-20-18(4-5-25-21(20)28-22)31-6-2-1-3-7-31/h4-5,8-12H,1-3,6-7H2,(H,29,30)(H,25,27,28). The van der Waals surface area contributed by atoms with E-state index in [9.17, 15) is 4.39 Å². The van der Waals surface area contributed by atoms with E-state index in [1.807, 2.05) is 18.3 Å². The van der Waals surface area contributed by atoms with Crippen molar-refractivity contribution in [2.45, 2.75) is 19.3 Å². The second kappa shape index (κ2) is 7.12. The molecular weight excluding hydrogens is 395 g/mol. The van der Waals surface area contributed by atoms with Crippen LogP contribution in [0, 0.1) is 5.82 Å². The molecule has 6 heterocycles. The zero-order valence-corrected chi connectivity index (χ0v) is 16.6. The molecule has 0 aromatic carbocycles. The normalized spacial score (nSPS) is 14.5. The molecule has 0 amide bonds. The van der Waals surface area contributed by atoms with Crippen molar-refractivity contribution in [2.24, 2.45) is 0 Å². The summed E-state index contributed by atoms with van der Waals surface area (Å²) in [6, 6.07) is 5.31. The number of nitrogens with one attached hydrogen (secondary N) is 2. The molecule has 5 aromatic rings. The number of hydrogen-bond donors (Lipinski definition) is 2. The van der Waals surface area contributed by atoms with Crippen molar-refractivity contribution in [3.63, 3.8) is 0 Å². The predicted octanol–water partition coefficient (Wildman–Crippen LogP) is 4.09. The summed E-state index contributed by atoms with van der Waals surface area (Å²) < 4.78 is 13.6. The quantitative estimate of drug-likeness (QED) is 0.461. The van der Waals surface area contributed by atoms with Gasteiger partial charge in [-0.25, -0.2) is 14.4 Å². The number of nitrogens with zero attached hydrogens (tertiary/aromatic N) is 6. The molecule has 0 saturated carbocycles. The van der Waals surface area contributed by atoms with Crippen LogP contribution in [0.2, 0.25) is 0 Å². The fourth-order valence-corrected chi connectivity index (χ4v) is 4.21. The maximum Gasteiger partial charge on any atom is 0.161 e. The van der Waals surface area contributed by atoms with E-state index in [1.54, 1.807) is 12.4 Å². The Kier molecular flexibility index (Phi) is 4.12. The van der Waals surface area contributed by atoms with Crippen molar-refractivity contribution in [2.75, 3.05) is 18.0 Å². The number of H-pyrrole nitrogens is 2. The van der Waals surface area contributed by atoms with Gasteiger partial charge in [0.15, 0.2) is 11.5 Å². The number of pyridine rings is 3. The minimum Gasteiger partial charge on any atom is -0.370 e. The molecule has 1 aliphatic rings. The van der Waals surface area contributed by atoms with E-state index >= 15 is 0 Å². The maximum absolute atomic E-state index is 13.6. The second-order valence-corrected chi connectivity index (χ2v) is 7.74. The van der Waals surface area contributed by atoms with Gasteiger partial charge in [0.25, 0.3) is 0 Å². The van der Waals surface area contributed by atoms with Crippen LogP contribution in [0.5, 0.6) is 0 Å². The highest BCUT2D eigenvalue weighted by atomic mass is 19.1. The van der Waals surface area contributed by atoms with Gasteiger partial charge in [-0.3, -0.25) is 15.1 Å². The molecule has 8 nitrogen and oxygen atoms in total. The summed E-state index contributed by atoms with van der Waals surface area (Å²) in [7, 11) is 0. The molecule has 2 N–H and O–H groups in total. The third-order valence-corrected chi connectivity index (χ3v) is 5.73. The summed E-state index contributed by atoms with van der Waals surface area (Å²) in [5.74, 6) is 0.230. The molecule has 31 heavy (non-hydrogen) atoms. The van der Waals surface area contributed by atoms with Gasteiger partial charge in [-0.15, -0.1) is 0 Å². The molecule has 0 spiro atoms. The molecule has 0 bridgehead atoms. The van der Waals surface area contributed by atoms with E-state index in [-0.39, 0.29) is 0 Å². The molecule has 9 heteroatoms. The molecule has 0 unspecified atom stereocenters. The summed E-state index contributed by atoms with van der Waals surface area (Å²) in [4.78, 5) is 23.4. The molecule has 1 fully saturated rings. The summed E-state index contributed by atoms with van der Waals surface area (Å²) >= 11 is 0. The van der Waals surface area contributed by atoms with Crippen LogP contribution < -0.4 is 4.90 Å². The SMILES string of the molecule is Fc1cncc(-c2cc3c(-c4nc5c(N6CCCCC6)ccnc5[nH]4)n[nH]c3cn2)c1. The summed E-state index contributed by atoms with van der Waals surface area (Å²) in [5.41, 5.74) is 5.34. The highest BCUT2D eigenvalue weighted by Crippen LogP contribution is 2.32. The minimum absolute atomic E-state index is 0.402. The average Bonchev–Trinajstić information content (AvgIpc) is 3.43. The van der Waals surface area contributed by atoms with Crippen LogP contribution in [-0.4, -0.2) is 48.2 Å². The number of aromatic nitrogens is 7. The Balaban J connectivity index is 1.46.